The van der Waals surface area contributed by atoms with Crippen LogP contribution in [-0.4, -0.2) is 17.9 Å². The van der Waals surface area contributed by atoms with Crippen LogP contribution in [0, 0.1) is 12.8 Å². The topological polar surface area (TPSA) is 33.5 Å². The number of carbonyl (C=O) groups is 1. The maximum Gasteiger partial charge on any atom is 0.226 e. The summed E-state index contributed by atoms with van der Waals surface area (Å²) >= 11 is 0. The van der Waals surface area contributed by atoms with E-state index in [0.29, 0.717) is 6.54 Å². The van der Waals surface area contributed by atoms with E-state index in [9.17, 15) is 4.79 Å². The zero-order valence-corrected chi connectivity index (χ0v) is 11.9. The molecule has 0 bridgehead atoms. The summed E-state index contributed by atoms with van der Waals surface area (Å²) < 4.78 is 5.53. The Morgan fingerprint density at radius 2 is 1.85 bits per heavy atom. The van der Waals surface area contributed by atoms with Crippen LogP contribution in [0.3, 0.4) is 0 Å². The molecular formula is C17H19NO2. The van der Waals surface area contributed by atoms with Crippen molar-refractivity contribution in [2.45, 2.75) is 26.3 Å². The van der Waals surface area contributed by atoms with Crippen molar-refractivity contribution in [2.75, 3.05) is 7.05 Å². The number of rotatable bonds is 3. The number of benzene rings is 1. The first kappa shape index (κ1) is 13.0. The maximum atomic E-state index is 12.5. The van der Waals surface area contributed by atoms with Crippen LogP contribution in [0.5, 0.6) is 0 Å². The molecule has 1 amide bonds. The predicted molar refractivity (Wildman–Crippen MR) is 77.3 cm³/mol. The summed E-state index contributed by atoms with van der Waals surface area (Å²) in [5.41, 5.74) is 2.63. The third-order valence-electron chi connectivity index (χ3n) is 3.97. The molecule has 0 saturated carbocycles. The predicted octanol–water partition coefficient (Wildman–Crippen LogP) is 2.96. The van der Waals surface area contributed by atoms with E-state index < -0.39 is 0 Å². The lowest BCUT2D eigenvalue weighted by Crippen LogP contribution is -2.32. The van der Waals surface area contributed by atoms with E-state index in [-0.39, 0.29) is 11.8 Å². The van der Waals surface area contributed by atoms with E-state index in [1.807, 2.05) is 38.2 Å². The minimum atomic E-state index is 0.0773. The van der Waals surface area contributed by atoms with Crippen LogP contribution in [0.1, 0.15) is 22.6 Å². The molecule has 0 N–H and O–H groups in total. The van der Waals surface area contributed by atoms with Crippen molar-refractivity contribution >= 4 is 5.91 Å². The van der Waals surface area contributed by atoms with E-state index in [4.69, 9.17) is 4.42 Å². The molecular weight excluding hydrogens is 250 g/mol. The van der Waals surface area contributed by atoms with Crippen LogP contribution < -0.4 is 0 Å². The van der Waals surface area contributed by atoms with Gasteiger partial charge in [-0.2, -0.15) is 0 Å². The molecule has 1 aliphatic rings. The Labute approximate surface area is 119 Å². The van der Waals surface area contributed by atoms with E-state index >= 15 is 0 Å². The van der Waals surface area contributed by atoms with E-state index in [1.54, 1.807) is 4.90 Å². The molecule has 20 heavy (non-hydrogen) atoms. The molecule has 0 fully saturated rings. The Morgan fingerprint density at radius 1 is 1.20 bits per heavy atom. The fourth-order valence-corrected chi connectivity index (χ4v) is 2.93. The number of carbonyl (C=O) groups excluding carboxylic acids is 1. The van der Waals surface area contributed by atoms with Crippen molar-refractivity contribution in [3.63, 3.8) is 0 Å². The zero-order chi connectivity index (χ0) is 14.1. The van der Waals surface area contributed by atoms with Gasteiger partial charge >= 0.3 is 0 Å². The van der Waals surface area contributed by atoms with Crippen LogP contribution in [-0.2, 0) is 24.2 Å². The SMILES string of the molecule is Cc1ccc(CN(C)C(=O)C2Cc3ccccc3C2)o1. The highest BCUT2D eigenvalue weighted by atomic mass is 16.3. The third kappa shape index (κ3) is 2.48. The second kappa shape index (κ2) is 5.16. The van der Waals surface area contributed by atoms with Gasteiger partial charge in [0.1, 0.15) is 11.5 Å². The largest absolute Gasteiger partial charge is 0.464 e. The second-order valence-corrected chi connectivity index (χ2v) is 5.58. The Hall–Kier alpha value is -2.03. The Morgan fingerprint density at radius 3 is 2.40 bits per heavy atom. The summed E-state index contributed by atoms with van der Waals surface area (Å²) in [5, 5.41) is 0. The lowest BCUT2D eigenvalue weighted by Gasteiger charge is -2.19. The molecule has 3 nitrogen and oxygen atoms in total. The van der Waals surface area contributed by atoms with Gasteiger partial charge in [-0.3, -0.25) is 4.79 Å². The highest BCUT2D eigenvalue weighted by Crippen LogP contribution is 2.28. The fourth-order valence-electron chi connectivity index (χ4n) is 2.93. The number of nitrogens with zero attached hydrogens (tertiary/aromatic N) is 1. The molecule has 0 aliphatic heterocycles. The van der Waals surface area contributed by atoms with Gasteiger partial charge in [0.2, 0.25) is 5.91 Å². The maximum absolute atomic E-state index is 12.5. The van der Waals surface area contributed by atoms with Crippen molar-refractivity contribution in [1.29, 1.82) is 0 Å². The summed E-state index contributed by atoms with van der Waals surface area (Å²) in [6, 6.07) is 12.2. The molecule has 0 atom stereocenters. The van der Waals surface area contributed by atoms with Gasteiger partial charge in [-0.1, -0.05) is 24.3 Å². The molecule has 104 valence electrons. The molecule has 2 aromatic rings. The smallest absolute Gasteiger partial charge is 0.226 e. The lowest BCUT2D eigenvalue weighted by atomic mass is 10.1. The second-order valence-electron chi connectivity index (χ2n) is 5.58. The summed E-state index contributed by atoms with van der Waals surface area (Å²) in [6.45, 7) is 2.46. The molecule has 1 aliphatic carbocycles. The van der Waals surface area contributed by atoms with Crippen LogP contribution in [0.25, 0.3) is 0 Å². The summed E-state index contributed by atoms with van der Waals surface area (Å²) in [6.07, 6.45) is 1.72. The standard InChI is InChI=1S/C17H19NO2/c1-12-7-8-16(20-12)11-18(2)17(19)15-9-13-5-3-4-6-14(13)10-15/h3-8,15H,9-11H2,1-2H3. The summed E-state index contributed by atoms with van der Waals surface area (Å²) in [7, 11) is 1.85. The van der Waals surface area contributed by atoms with Gasteiger partial charge in [0, 0.05) is 13.0 Å². The number of fused-ring (bicyclic) bond motifs is 1. The Kier molecular flexibility index (Phi) is 3.35. The van der Waals surface area contributed by atoms with Crippen molar-refractivity contribution < 1.29 is 9.21 Å². The molecule has 0 spiro atoms. The average molecular weight is 269 g/mol. The number of aryl methyl sites for hydroxylation is 1. The Balaban J connectivity index is 1.65. The van der Waals surface area contributed by atoms with Gasteiger partial charge in [0.25, 0.3) is 0 Å². The van der Waals surface area contributed by atoms with E-state index in [0.717, 1.165) is 24.4 Å². The summed E-state index contributed by atoms with van der Waals surface area (Å²) in [5.74, 6) is 2.01. The van der Waals surface area contributed by atoms with Crippen molar-refractivity contribution in [2.24, 2.45) is 5.92 Å². The zero-order valence-electron chi connectivity index (χ0n) is 11.9. The minimum absolute atomic E-state index is 0.0773. The van der Waals surface area contributed by atoms with Crippen LogP contribution >= 0.6 is 0 Å². The summed E-state index contributed by atoms with van der Waals surface area (Å²) in [4.78, 5) is 14.3. The van der Waals surface area contributed by atoms with Crippen LogP contribution in [0.4, 0.5) is 0 Å². The van der Waals surface area contributed by atoms with Gasteiger partial charge in [0.05, 0.1) is 6.54 Å². The quantitative estimate of drug-likeness (QED) is 0.858. The van der Waals surface area contributed by atoms with Crippen LogP contribution in [0.2, 0.25) is 0 Å². The molecule has 0 radical (unpaired) electrons. The molecule has 3 heteroatoms. The molecule has 0 unspecified atom stereocenters. The number of amides is 1. The normalized spacial score (nSPS) is 14.3. The molecule has 1 aromatic heterocycles. The number of hydrogen-bond acceptors (Lipinski definition) is 2. The van der Waals surface area contributed by atoms with Crippen molar-refractivity contribution in [1.82, 2.24) is 4.90 Å². The number of furan rings is 1. The monoisotopic (exact) mass is 269 g/mol. The van der Waals surface area contributed by atoms with E-state index in [1.165, 1.54) is 11.1 Å². The lowest BCUT2D eigenvalue weighted by molar-refractivity contribution is -0.134. The minimum Gasteiger partial charge on any atom is -0.464 e. The fraction of sp³-hybridized carbons (Fsp3) is 0.353. The van der Waals surface area contributed by atoms with E-state index in [2.05, 4.69) is 12.1 Å². The Bertz CT molecular complexity index is 604. The molecule has 1 heterocycles. The van der Waals surface area contributed by atoms with Crippen molar-refractivity contribution in [3.8, 4) is 0 Å². The average Bonchev–Trinajstić information content (AvgIpc) is 3.03. The first-order valence-electron chi connectivity index (χ1n) is 7.00. The first-order valence-corrected chi connectivity index (χ1v) is 7.00. The van der Waals surface area contributed by atoms with Gasteiger partial charge in [-0.05, 0) is 43.0 Å². The van der Waals surface area contributed by atoms with Gasteiger partial charge in [-0.25, -0.2) is 0 Å². The highest BCUT2D eigenvalue weighted by Gasteiger charge is 2.29. The van der Waals surface area contributed by atoms with Gasteiger partial charge in [-0.15, -0.1) is 0 Å². The van der Waals surface area contributed by atoms with Gasteiger partial charge in [0.15, 0.2) is 0 Å². The third-order valence-corrected chi connectivity index (χ3v) is 3.97. The molecule has 3 rings (SSSR count). The van der Waals surface area contributed by atoms with Crippen molar-refractivity contribution in [3.05, 3.63) is 59.0 Å². The molecule has 0 saturated heterocycles. The van der Waals surface area contributed by atoms with Gasteiger partial charge < -0.3 is 9.32 Å². The first-order chi connectivity index (χ1) is 9.63. The highest BCUT2D eigenvalue weighted by molar-refractivity contribution is 5.80. The molecule has 1 aromatic carbocycles. The number of hydrogen-bond donors (Lipinski definition) is 0. The van der Waals surface area contributed by atoms with Crippen LogP contribution in [0.15, 0.2) is 40.8 Å².